The monoisotopic (exact) mass is 283 g/mol. The second-order valence-corrected chi connectivity index (χ2v) is 5.98. The molecule has 0 spiro atoms. The molecule has 110 valence electrons. The van der Waals surface area contributed by atoms with Gasteiger partial charge in [-0.15, -0.1) is 0 Å². The van der Waals surface area contributed by atoms with E-state index >= 15 is 0 Å². The smallest absolute Gasteiger partial charge is 0.257 e. The summed E-state index contributed by atoms with van der Waals surface area (Å²) in [5.41, 5.74) is 2.05. The van der Waals surface area contributed by atoms with Gasteiger partial charge in [-0.25, -0.2) is 0 Å². The topological polar surface area (TPSA) is 33.5 Å². The molecule has 0 bridgehead atoms. The summed E-state index contributed by atoms with van der Waals surface area (Å²) in [5.74, 6) is 1.88. The molecule has 2 heterocycles. The van der Waals surface area contributed by atoms with Crippen molar-refractivity contribution >= 4 is 5.91 Å². The highest BCUT2D eigenvalue weighted by Crippen LogP contribution is 2.33. The molecule has 2 unspecified atom stereocenters. The van der Waals surface area contributed by atoms with Gasteiger partial charge in [-0.05, 0) is 36.8 Å². The SMILES string of the molecule is Cc1cc(C(=O)N2CCC(c3ccccc3)C(C)C2)co1. The van der Waals surface area contributed by atoms with Crippen LogP contribution in [0.1, 0.15) is 40.9 Å². The Morgan fingerprint density at radius 1 is 1.29 bits per heavy atom. The van der Waals surface area contributed by atoms with Crippen LogP contribution < -0.4 is 0 Å². The summed E-state index contributed by atoms with van der Waals surface area (Å²) in [5, 5.41) is 0. The van der Waals surface area contributed by atoms with Crippen molar-refractivity contribution in [1.82, 2.24) is 4.90 Å². The molecule has 0 saturated carbocycles. The summed E-state index contributed by atoms with van der Waals surface area (Å²) in [6.45, 7) is 5.72. The van der Waals surface area contributed by atoms with Gasteiger partial charge in [0, 0.05) is 13.1 Å². The maximum Gasteiger partial charge on any atom is 0.257 e. The minimum absolute atomic E-state index is 0.0882. The van der Waals surface area contributed by atoms with Crippen molar-refractivity contribution in [3.63, 3.8) is 0 Å². The van der Waals surface area contributed by atoms with Gasteiger partial charge in [-0.1, -0.05) is 37.3 Å². The van der Waals surface area contributed by atoms with Crippen LogP contribution in [0.5, 0.6) is 0 Å². The Labute approximate surface area is 125 Å². The fourth-order valence-corrected chi connectivity index (χ4v) is 3.26. The number of carbonyl (C=O) groups excluding carboxylic acids is 1. The van der Waals surface area contributed by atoms with Crippen LogP contribution in [0.2, 0.25) is 0 Å². The molecule has 1 fully saturated rings. The van der Waals surface area contributed by atoms with Crippen LogP contribution in [0.3, 0.4) is 0 Å². The summed E-state index contributed by atoms with van der Waals surface area (Å²) in [6.07, 6.45) is 2.58. The number of aryl methyl sites for hydroxylation is 1. The first kappa shape index (κ1) is 13.9. The summed E-state index contributed by atoms with van der Waals surface area (Å²) in [4.78, 5) is 14.4. The third-order valence-electron chi connectivity index (χ3n) is 4.40. The highest BCUT2D eigenvalue weighted by molar-refractivity contribution is 5.94. The molecule has 2 aromatic rings. The summed E-state index contributed by atoms with van der Waals surface area (Å²) in [6, 6.07) is 12.4. The zero-order valence-electron chi connectivity index (χ0n) is 12.6. The molecule has 21 heavy (non-hydrogen) atoms. The summed E-state index contributed by atoms with van der Waals surface area (Å²) >= 11 is 0. The van der Waals surface area contributed by atoms with Crippen LogP contribution in [0, 0.1) is 12.8 Å². The maximum atomic E-state index is 12.5. The van der Waals surface area contributed by atoms with Gasteiger partial charge in [0.05, 0.1) is 5.56 Å². The number of furan rings is 1. The third-order valence-corrected chi connectivity index (χ3v) is 4.40. The lowest BCUT2D eigenvalue weighted by atomic mass is 9.81. The van der Waals surface area contributed by atoms with E-state index in [9.17, 15) is 4.79 Å². The van der Waals surface area contributed by atoms with Gasteiger partial charge in [0.15, 0.2) is 0 Å². The molecule has 0 radical (unpaired) electrons. The lowest BCUT2D eigenvalue weighted by molar-refractivity contribution is 0.0660. The van der Waals surface area contributed by atoms with Gasteiger partial charge in [-0.3, -0.25) is 4.79 Å². The summed E-state index contributed by atoms with van der Waals surface area (Å²) in [7, 11) is 0. The Balaban J connectivity index is 1.69. The molecule has 3 heteroatoms. The zero-order valence-corrected chi connectivity index (χ0v) is 12.6. The molecule has 1 saturated heterocycles. The first-order valence-electron chi connectivity index (χ1n) is 7.54. The fraction of sp³-hybridized carbons (Fsp3) is 0.389. The van der Waals surface area contributed by atoms with Crippen molar-refractivity contribution in [1.29, 1.82) is 0 Å². The third kappa shape index (κ3) is 2.87. The zero-order chi connectivity index (χ0) is 14.8. The average molecular weight is 283 g/mol. The second-order valence-electron chi connectivity index (χ2n) is 5.98. The number of amides is 1. The predicted octanol–water partition coefficient (Wildman–Crippen LogP) is 3.85. The standard InChI is InChI=1S/C18H21NO2/c1-13-11-19(18(20)16-10-14(2)21-12-16)9-8-17(13)15-6-4-3-5-7-15/h3-7,10,12-13,17H,8-9,11H2,1-2H3. The van der Waals surface area contributed by atoms with Gasteiger partial charge >= 0.3 is 0 Å². The van der Waals surface area contributed by atoms with Gasteiger partial charge in [0.25, 0.3) is 5.91 Å². The average Bonchev–Trinajstić information content (AvgIpc) is 2.94. The lowest BCUT2D eigenvalue weighted by Crippen LogP contribution is -2.42. The predicted molar refractivity (Wildman–Crippen MR) is 82.3 cm³/mol. The molecule has 1 aromatic carbocycles. The highest BCUT2D eigenvalue weighted by Gasteiger charge is 2.30. The van der Waals surface area contributed by atoms with Gasteiger partial charge in [0.1, 0.15) is 12.0 Å². The Bertz CT molecular complexity index is 617. The number of hydrogen-bond acceptors (Lipinski definition) is 2. The normalized spacial score (nSPS) is 22.3. The second kappa shape index (κ2) is 5.76. The van der Waals surface area contributed by atoms with E-state index in [1.54, 1.807) is 6.26 Å². The molecular formula is C18H21NO2. The first-order chi connectivity index (χ1) is 10.1. The quantitative estimate of drug-likeness (QED) is 0.838. The van der Waals surface area contributed by atoms with Crippen molar-refractivity contribution in [2.24, 2.45) is 5.92 Å². The largest absolute Gasteiger partial charge is 0.469 e. The van der Waals surface area contributed by atoms with E-state index in [2.05, 4.69) is 31.2 Å². The molecule has 3 nitrogen and oxygen atoms in total. The minimum Gasteiger partial charge on any atom is -0.469 e. The molecule has 1 aliphatic rings. The van der Waals surface area contributed by atoms with E-state index < -0.39 is 0 Å². The van der Waals surface area contributed by atoms with Crippen molar-refractivity contribution in [3.8, 4) is 0 Å². The molecule has 1 aromatic heterocycles. The first-order valence-corrected chi connectivity index (χ1v) is 7.54. The van der Waals surface area contributed by atoms with Gasteiger partial charge in [-0.2, -0.15) is 0 Å². The minimum atomic E-state index is 0.0882. The van der Waals surface area contributed by atoms with E-state index in [0.29, 0.717) is 17.4 Å². The van der Waals surface area contributed by atoms with E-state index in [4.69, 9.17) is 4.42 Å². The lowest BCUT2D eigenvalue weighted by Gasteiger charge is -2.37. The van der Waals surface area contributed by atoms with E-state index in [1.807, 2.05) is 24.0 Å². The van der Waals surface area contributed by atoms with E-state index in [-0.39, 0.29) is 5.91 Å². The molecule has 0 aliphatic carbocycles. The molecule has 1 amide bonds. The Morgan fingerprint density at radius 3 is 2.67 bits per heavy atom. The van der Waals surface area contributed by atoms with Crippen LogP contribution >= 0.6 is 0 Å². The molecule has 0 N–H and O–H groups in total. The maximum absolute atomic E-state index is 12.5. The van der Waals surface area contributed by atoms with Gasteiger partial charge < -0.3 is 9.32 Å². The number of carbonyl (C=O) groups is 1. The molecular weight excluding hydrogens is 262 g/mol. The Kier molecular flexibility index (Phi) is 3.82. The van der Waals surface area contributed by atoms with Crippen LogP contribution in [0.25, 0.3) is 0 Å². The number of rotatable bonds is 2. The van der Waals surface area contributed by atoms with Crippen LogP contribution in [-0.4, -0.2) is 23.9 Å². The molecule has 2 atom stereocenters. The Hall–Kier alpha value is -2.03. The molecule has 3 rings (SSSR count). The van der Waals surface area contributed by atoms with Crippen LogP contribution in [0.4, 0.5) is 0 Å². The van der Waals surface area contributed by atoms with Crippen molar-refractivity contribution in [2.45, 2.75) is 26.2 Å². The van der Waals surface area contributed by atoms with Crippen molar-refractivity contribution in [2.75, 3.05) is 13.1 Å². The summed E-state index contributed by atoms with van der Waals surface area (Å²) < 4.78 is 5.25. The van der Waals surface area contributed by atoms with Crippen LogP contribution in [-0.2, 0) is 0 Å². The van der Waals surface area contributed by atoms with Crippen molar-refractivity contribution in [3.05, 3.63) is 59.5 Å². The van der Waals surface area contributed by atoms with E-state index in [0.717, 1.165) is 25.3 Å². The van der Waals surface area contributed by atoms with Crippen molar-refractivity contribution < 1.29 is 9.21 Å². The number of benzene rings is 1. The number of likely N-dealkylation sites (tertiary alicyclic amines) is 1. The number of hydrogen-bond donors (Lipinski definition) is 0. The molecule has 1 aliphatic heterocycles. The number of nitrogens with zero attached hydrogens (tertiary/aromatic N) is 1. The highest BCUT2D eigenvalue weighted by atomic mass is 16.3. The number of piperidine rings is 1. The van der Waals surface area contributed by atoms with Gasteiger partial charge in [0.2, 0.25) is 0 Å². The van der Waals surface area contributed by atoms with Crippen LogP contribution in [0.15, 0.2) is 47.1 Å². The Morgan fingerprint density at radius 2 is 2.05 bits per heavy atom. The van der Waals surface area contributed by atoms with E-state index in [1.165, 1.54) is 5.56 Å². The fourth-order valence-electron chi connectivity index (χ4n) is 3.26.